The molecule has 28 heavy (non-hydrogen) atoms. The lowest BCUT2D eigenvalue weighted by Gasteiger charge is -2.13. The lowest BCUT2D eigenvalue weighted by atomic mass is 10.1. The molecule has 0 atom stereocenters. The first-order valence-corrected chi connectivity index (χ1v) is 8.58. The van der Waals surface area contributed by atoms with E-state index in [4.69, 9.17) is 4.74 Å². The number of ether oxygens (including phenoxy) is 1. The van der Waals surface area contributed by atoms with E-state index in [2.05, 4.69) is 0 Å². The van der Waals surface area contributed by atoms with Crippen LogP contribution >= 0.6 is 0 Å². The Hall–Kier alpha value is -3.16. The number of carbonyl (C=O) groups is 3. The summed E-state index contributed by atoms with van der Waals surface area (Å²) in [7, 11) is 0. The van der Waals surface area contributed by atoms with E-state index in [1.165, 1.54) is 6.07 Å². The molecule has 0 bridgehead atoms. The summed E-state index contributed by atoms with van der Waals surface area (Å²) in [5.41, 5.74) is -0.380. The summed E-state index contributed by atoms with van der Waals surface area (Å²) in [4.78, 5) is 37.4. The normalized spacial score (nSPS) is 13.6. The topological polar surface area (TPSA) is 63.7 Å². The first-order valence-electron chi connectivity index (χ1n) is 8.58. The second kappa shape index (κ2) is 7.84. The molecule has 2 aromatic rings. The zero-order valence-electron chi connectivity index (χ0n) is 14.7. The molecule has 0 unspecified atom stereocenters. The molecule has 8 heteroatoms. The average Bonchev–Trinajstić information content (AvgIpc) is 2.92. The highest BCUT2D eigenvalue weighted by molar-refractivity contribution is 6.21. The van der Waals surface area contributed by atoms with E-state index in [1.807, 2.05) is 0 Å². The minimum atomic E-state index is -4.54. The van der Waals surface area contributed by atoms with Crippen LogP contribution in [-0.2, 0) is 10.9 Å². The summed E-state index contributed by atoms with van der Waals surface area (Å²) < 4.78 is 43.0. The van der Waals surface area contributed by atoms with Gasteiger partial charge in [-0.15, -0.1) is 0 Å². The molecule has 0 aliphatic carbocycles. The largest absolute Gasteiger partial charge is 0.462 e. The summed E-state index contributed by atoms with van der Waals surface area (Å²) in [5, 5.41) is 0. The Balaban J connectivity index is 1.46. The van der Waals surface area contributed by atoms with Crippen LogP contribution in [0.25, 0.3) is 0 Å². The van der Waals surface area contributed by atoms with Gasteiger partial charge in [0.25, 0.3) is 11.8 Å². The van der Waals surface area contributed by atoms with E-state index in [1.54, 1.807) is 24.3 Å². The molecule has 0 saturated heterocycles. The van der Waals surface area contributed by atoms with E-state index in [9.17, 15) is 27.6 Å². The maximum absolute atomic E-state index is 12.7. The molecule has 0 spiro atoms. The van der Waals surface area contributed by atoms with Crippen LogP contribution < -0.4 is 0 Å². The number of alkyl halides is 3. The van der Waals surface area contributed by atoms with Crippen molar-refractivity contribution in [2.75, 3.05) is 13.2 Å². The maximum Gasteiger partial charge on any atom is 0.416 e. The van der Waals surface area contributed by atoms with E-state index in [0.29, 0.717) is 24.0 Å². The molecule has 1 aliphatic heterocycles. The third kappa shape index (κ3) is 4.05. The van der Waals surface area contributed by atoms with E-state index in [-0.39, 0.29) is 30.5 Å². The summed E-state index contributed by atoms with van der Waals surface area (Å²) in [6.07, 6.45) is -3.78. The molecule has 3 rings (SSSR count). The number of rotatable bonds is 6. The first-order chi connectivity index (χ1) is 13.3. The zero-order chi connectivity index (χ0) is 20.3. The molecule has 0 fully saturated rings. The van der Waals surface area contributed by atoms with Crippen molar-refractivity contribution in [1.29, 1.82) is 0 Å². The maximum atomic E-state index is 12.7. The van der Waals surface area contributed by atoms with Crippen LogP contribution in [0.3, 0.4) is 0 Å². The van der Waals surface area contributed by atoms with Gasteiger partial charge in [0.1, 0.15) is 0 Å². The predicted molar refractivity (Wildman–Crippen MR) is 92.8 cm³/mol. The van der Waals surface area contributed by atoms with Crippen LogP contribution in [0.5, 0.6) is 0 Å². The van der Waals surface area contributed by atoms with Crippen LogP contribution in [0.1, 0.15) is 49.5 Å². The number of carbonyl (C=O) groups excluding carboxylic acids is 3. The number of amides is 2. The SMILES string of the molecule is O=C(OCCCCN1C(=O)c2ccccc2C1=O)c1cccc(C(F)(F)F)c1. The number of fused-ring (bicyclic) bond motifs is 1. The Labute approximate surface area is 158 Å². The second-order valence-electron chi connectivity index (χ2n) is 6.23. The molecular weight excluding hydrogens is 375 g/mol. The van der Waals surface area contributed by atoms with Crippen LogP contribution in [-0.4, -0.2) is 35.8 Å². The van der Waals surface area contributed by atoms with Gasteiger partial charge in [-0.1, -0.05) is 18.2 Å². The van der Waals surface area contributed by atoms with Crippen molar-refractivity contribution in [2.45, 2.75) is 19.0 Å². The number of unbranched alkanes of at least 4 members (excludes halogenated alkanes) is 1. The molecule has 0 aromatic heterocycles. The molecule has 2 aromatic carbocycles. The van der Waals surface area contributed by atoms with E-state index < -0.39 is 17.7 Å². The number of nitrogens with zero attached hydrogens (tertiary/aromatic N) is 1. The van der Waals surface area contributed by atoms with Crippen molar-refractivity contribution < 1.29 is 32.3 Å². The minimum absolute atomic E-state index is 0.0295. The van der Waals surface area contributed by atoms with Gasteiger partial charge in [-0.25, -0.2) is 4.79 Å². The van der Waals surface area contributed by atoms with Crippen LogP contribution in [0.2, 0.25) is 0 Å². The highest BCUT2D eigenvalue weighted by Crippen LogP contribution is 2.29. The molecule has 0 N–H and O–H groups in total. The van der Waals surface area contributed by atoms with Gasteiger partial charge in [0.05, 0.1) is 28.9 Å². The third-order valence-electron chi connectivity index (χ3n) is 4.31. The molecule has 1 aliphatic rings. The fourth-order valence-electron chi connectivity index (χ4n) is 2.88. The molecule has 5 nitrogen and oxygen atoms in total. The molecular formula is C20H16F3NO4. The number of halogens is 3. The zero-order valence-corrected chi connectivity index (χ0v) is 14.7. The Kier molecular flexibility index (Phi) is 5.48. The minimum Gasteiger partial charge on any atom is -0.462 e. The summed E-state index contributed by atoms with van der Waals surface area (Å²) in [6, 6.07) is 10.5. The van der Waals surface area contributed by atoms with Gasteiger partial charge in [-0.2, -0.15) is 13.2 Å². The Bertz CT molecular complexity index is 889. The molecule has 0 saturated carbocycles. The fraction of sp³-hybridized carbons (Fsp3) is 0.250. The van der Waals surface area contributed by atoms with Crippen molar-refractivity contribution in [2.24, 2.45) is 0 Å². The van der Waals surface area contributed by atoms with Crippen molar-refractivity contribution >= 4 is 17.8 Å². The van der Waals surface area contributed by atoms with Crippen molar-refractivity contribution in [1.82, 2.24) is 4.90 Å². The quantitative estimate of drug-likeness (QED) is 0.425. The van der Waals surface area contributed by atoms with E-state index >= 15 is 0 Å². The van der Waals surface area contributed by atoms with Gasteiger partial charge in [0.15, 0.2) is 0 Å². The van der Waals surface area contributed by atoms with Gasteiger partial charge in [0, 0.05) is 6.54 Å². The Morgan fingerprint density at radius 3 is 2.18 bits per heavy atom. The number of benzene rings is 2. The van der Waals surface area contributed by atoms with Crippen LogP contribution in [0.15, 0.2) is 48.5 Å². The molecule has 2 amide bonds. The third-order valence-corrected chi connectivity index (χ3v) is 4.31. The lowest BCUT2D eigenvalue weighted by molar-refractivity contribution is -0.137. The van der Waals surface area contributed by atoms with Crippen molar-refractivity contribution in [3.05, 3.63) is 70.8 Å². The van der Waals surface area contributed by atoms with Crippen LogP contribution in [0, 0.1) is 0 Å². The van der Waals surface area contributed by atoms with Gasteiger partial charge in [-0.05, 0) is 43.2 Å². The Morgan fingerprint density at radius 2 is 1.57 bits per heavy atom. The fourth-order valence-corrected chi connectivity index (χ4v) is 2.88. The number of hydrogen-bond acceptors (Lipinski definition) is 4. The van der Waals surface area contributed by atoms with E-state index in [0.717, 1.165) is 23.1 Å². The van der Waals surface area contributed by atoms with Gasteiger partial charge >= 0.3 is 12.1 Å². The first kappa shape index (κ1) is 19.6. The summed E-state index contributed by atoms with van der Waals surface area (Å²) in [5.74, 6) is -1.57. The number of esters is 1. The van der Waals surface area contributed by atoms with Crippen molar-refractivity contribution in [3.63, 3.8) is 0 Å². The second-order valence-corrected chi connectivity index (χ2v) is 6.23. The van der Waals surface area contributed by atoms with Crippen molar-refractivity contribution in [3.8, 4) is 0 Å². The lowest BCUT2D eigenvalue weighted by Crippen LogP contribution is -2.30. The highest BCUT2D eigenvalue weighted by Gasteiger charge is 2.34. The summed E-state index contributed by atoms with van der Waals surface area (Å²) >= 11 is 0. The predicted octanol–water partition coefficient (Wildman–Crippen LogP) is 3.94. The smallest absolute Gasteiger partial charge is 0.416 e. The number of hydrogen-bond donors (Lipinski definition) is 0. The van der Waals surface area contributed by atoms with Gasteiger partial charge < -0.3 is 4.74 Å². The van der Waals surface area contributed by atoms with Gasteiger partial charge in [-0.3, -0.25) is 14.5 Å². The highest BCUT2D eigenvalue weighted by atomic mass is 19.4. The molecule has 146 valence electrons. The monoisotopic (exact) mass is 391 g/mol. The summed E-state index contributed by atoms with van der Waals surface area (Å²) in [6.45, 7) is 0.145. The average molecular weight is 391 g/mol. The number of imide groups is 1. The molecule has 0 radical (unpaired) electrons. The van der Waals surface area contributed by atoms with Crippen LogP contribution in [0.4, 0.5) is 13.2 Å². The molecule has 1 heterocycles. The standard InChI is InChI=1S/C20H16F3NO4/c21-20(22,23)14-7-5-6-13(12-14)19(27)28-11-4-3-10-24-17(25)15-8-1-2-9-16(15)18(24)26/h1-2,5-9,12H,3-4,10-11H2. The van der Waals surface area contributed by atoms with Gasteiger partial charge in [0.2, 0.25) is 0 Å². The Morgan fingerprint density at radius 1 is 0.929 bits per heavy atom.